The normalized spacial score (nSPS) is 18.9. The Kier molecular flexibility index (Phi) is 4.58. The van der Waals surface area contributed by atoms with E-state index in [4.69, 9.17) is 0 Å². The van der Waals surface area contributed by atoms with E-state index in [1.165, 1.54) is 0 Å². The van der Waals surface area contributed by atoms with Crippen LogP contribution in [0.15, 0.2) is 0 Å². The summed E-state index contributed by atoms with van der Waals surface area (Å²) in [4.78, 5) is 16.2. The molecule has 0 aromatic carbocycles. The fourth-order valence-corrected chi connectivity index (χ4v) is 2.03. The van der Waals surface area contributed by atoms with Crippen LogP contribution >= 0.6 is 0 Å². The van der Waals surface area contributed by atoms with Crippen LogP contribution in [-0.2, 0) is 4.79 Å². The Bertz CT molecular complexity index is 206. The monoisotopic (exact) mass is 212 g/mol. The van der Waals surface area contributed by atoms with E-state index < -0.39 is 0 Å². The highest BCUT2D eigenvalue weighted by molar-refractivity contribution is 5.78. The Morgan fingerprint density at radius 1 is 1.07 bits per heavy atom. The second kappa shape index (κ2) is 5.50. The molecule has 15 heavy (non-hydrogen) atoms. The molecule has 0 radical (unpaired) electrons. The molecule has 0 spiro atoms. The molecule has 1 amide bonds. The highest BCUT2D eigenvalue weighted by Gasteiger charge is 2.22. The van der Waals surface area contributed by atoms with Crippen LogP contribution in [0, 0.1) is 11.8 Å². The van der Waals surface area contributed by atoms with Gasteiger partial charge in [0.15, 0.2) is 0 Å². The number of nitrogens with zero attached hydrogens (tertiary/aromatic N) is 2. The minimum Gasteiger partial charge on any atom is -0.340 e. The highest BCUT2D eigenvalue weighted by atomic mass is 16.2. The summed E-state index contributed by atoms with van der Waals surface area (Å²) >= 11 is 0. The first-order valence-electron chi connectivity index (χ1n) is 6.02. The molecular weight excluding hydrogens is 188 g/mol. The largest absolute Gasteiger partial charge is 0.340 e. The maximum atomic E-state index is 11.7. The van der Waals surface area contributed by atoms with Gasteiger partial charge in [0.25, 0.3) is 0 Å². The Balaban J connectivity index is 2.32. The Hall–Kier alpha value is -0.570. The van der Waals surface area contributed by atoms with Gasteiger partial charge in [-0.15, -0.1) is 0 Å². The number of piperazine rings is 1. The topological polar surface area (TPSA) is 23.6 Å². The first kappa shape index (κ1) is 12.5. The van der Waals surface area contributed by atoms with Crippen molar-refractivity contribution < 1.29 is 4.79 Å². The summed E-state index contributed by atoms with van der Waals surface area (Å²) < 4.78 is 0. The Morgan fingerprint density at radius 2 is 1.60 bits per heavy atom. The molecule has 1 aliphatic rings. The molecular formula is C12H24N2O. The lowest BCUT2D eigenvalue weighted by Gasteiger charge is -2.36. The first-order valence-corrected chi connectivity index (χ1v) is 6.02. The SMILES string of the molecule is CC(C)CN1CCN(C(=O)C(C)C)CC1. The van der Waals surface area contributed by atoms with Crippen LogP contribution < -0.4 is 0 Å². The maximum Gasteiger partial charge on any atom is 0.225 e. The summed E-state index contributed by atoms with van der Waals surface area (Å²) in [6.07, 6.45) is 0. The fraction of sp³-hybridized carbons (Fsp3) is 0.917. The van der Waals surface area contributed by atoms with Crippen molar-refractivity contribution in [1.82, 2.24) is 9.80 Å². The van der Waals surface area contributed by atoms with Crippen molar-refractivity contribution in [3.8, 4) is 0 Å². The van der Waals surface area contributed by atoms with Crippen LogP contribution in [0.4, 0.5) is 0 Å². The molecule has 3 heteroatoms. The summed E-state index contributed by atoms with van der Waals surface area (Å²) in [5.41, 5.74) is 0. The smallest absolute Gasteiger partial charge is 0.225 e. The summed E-state index contributed by atoms with van der Waals surface area (Å²) in [7, 11) is 0. The number of carbonyl (C=O) groups is 1. The van der Waals surface area contributed by atoms with E-state index in [0.717, 1.165) is 38.6 Å². The van der Waals surface area contributed by atoms with Crippen LogP contribution in [0.5, 0.6) is 0 Å². The van der Waals surface area contributed by atoms with Gasteiger partial charge in [0.2, 0.25) is 5.91 Å². The summed E-state index contributed by atoms with van der Waals surface area (Å²) in [6.45, 7) is 13.5. The van der Waals surface area contributed by atoms with Crippen molar-refractivity contribution in [2.45, 2.75) is 27.7 Å². The molecule has 0 bridgehead atoms. The summed E-state index contributed by atoms with van der Waals surface area (Å²) in [5.74, 6) is 1.16. The number of hydrogen-bond donors (Lipinski definition) is 0. The minimum absolute atomic E-state index is 0.140. The van der Waals surface area contributed by atoms with E-state index in [0.29, 0.717) is 5.91 Å². The molecule has 1 rings (SSSR count). The number of amides is 1. The quantitative estimate of drug-likeness (QED) is 0.707. The number of carbonyl (C=O) groups excluding carboxylic acids is 1. The van der Waals surface area contributed by atoms with Gasteiger partial charge in [-0.05, 0) is 5.92 Å². The molecule has 0 aromatic rings. The van der Waals surface area contributed by atoms with Crippen molar-refractivity contribution in [2.24, 2.45) is 11.8 Å². The molecule has 0 aliphatic carbocycles. The van der Waals surface area contributed by atoms with Crippen molar-refractivity contribution in [1.29, 1.82) is 0 Å². The maximum absolute atomic E-state index is 11.7. The standard InChI is InChI=1S/C12H24N2O/c1-10(2)9-13-5-7-14(8-6-13)12(15)11(3)4/h10-11H,5-9H2,1-4H3. The van der Waals surface area contributed by atoms with Gasteiger partial charge in [-0.3, -0.25) is 9.69 Å². The van der Waals surface area contributed by atoms with Crippen LogP contribution in [0.25, 0.3) is 0 Å². The Morgan fingerprint density at radius 3 is 2.00 bits per heavy atom. The molecule has 0 atom stereocenters. The third-order valence-electron chi connectivity index (χ3n) is 2.80. The first-order chi connectivity index (χ1) is 7.00. The molecule has 1 saturated heterocycles. The lowest BCUT2D eigenvalue weighted by Crippen LogP contribution is -2.50. The average molecular weight is 212 g/mol. The van der Waals surface area contributed by atoms with Gasteiger partial charge >= 0.3 is 0 Å². The fourth-order valence-electron chi connectivity index (χ4n) is 2.03. The summed E-state index contributed by atoms with van der Waals surface area (Å²) in [6, 6.07) is 0. The molecule has 1 heterocycles. The molecule has 0 saturated carbocycles. The molecule has 0 aromatic heterocycles. The Labute approximate surface area is 93.4 Å². The van der Waals surface area contributed by atoms with Gasteiger partial charge in [0.05, 0.1) is 0 Å². The van der Waals surface area contributed by atoms with Crippen LogP contribution in [0.3, 0.4) is 0 Å². The zero-order valence-corrected chi connectivity index (χ0v) is 10.5. The van der Waals surface area contributed by atoms with E-state index in [-0.39, 0.29) is 5.92 Å². The van der Waals surface area contributed by atoms with E-state index in [9.17, 15) is 4.79 Å². The number of rotatable bonds is 3. The molecule has 0 N–H and O–H groups in total. The van der Waals surface area contributed by atoms with E-state index in [2.05, 4.69) is 18.7 Å². The van der Waals surface area contributed by atoms with Crippen molar-refractivity contribution in [3.05, 3.63) is 0 Å². The zero-order chi connectivity index (χ0) is 11.4. The lowest BCUT2D eigenvalue weighted by molar-refractivity contribution is -0.136. The second-order valence-corrected chi connectivity index (χ2v) is 5.17. The molecule has 0 unspecified atom stereocenters. The highest BCUT2D eigenvalue weighted by Crippen LogP contribution is 2.08. The van der Waals surface area contributed by atoms with E-state index in [1.807, 2.05) is 18.7 Å². The third kappa shape index (κ3) is 3.82. The van der Waals surface area contributed by atoms with Crippen molar-refractivity contribution in [3.63, 3.8) is 0 Å². The molecule has 88 valence electrons. The van der Waals surface area contributed by atoms with Crippen LogP contribution in [0.1, 0.15) is 27.7 Å². The van der Waals surface area contributed by atoms with Crippen LogP contribution in [0.2, 0.25) is 0 Å². The third-order valence-corrected chi connectivity index (χ3v) is 2.80. The minimum atomic E-state index is 0.140. The van der Waals surface area contributed by atoms with Gasteiger partial charge in [-0.2, -0.15) is 0 Å². The van der Waals surface area contributed by atoms with Gasteiger partial charge in [0, 0.05) is 38.6 Å². The lowest BCUT2D eigenvalue weighted by atomic mass is 10.1. The average Bonchev–Trinajstić information content (AvgIpc) is 2.17. The number of hydrogen-bond acceptors (Lipinski definition) is 2. The van der Waals surface area contributed by atoms with E-state index >= 15 is 0 Å². The molecule has 3 nitrogen and oxygen atoms in total. The zero-order valence-electron chi connectivity index (χ0n) is 10.5. The predicted octanol–water partition coefficient (Wildman–Crippen LogP) is 1.44. The molecule has 1 aliphatic heterocycles. The van der Waals surface area contributed by atoms with Crippen molar-refractivity contribution >= 4 is 5.91 Å². The van der Waals surface area contributed by atoms with Gasteiger partial charge in [-0.1, -0.05) is 27.7 Å². The van der Waals surface area contributed by atoms with E-state index in [1.54, 1.807) is 0 Å². The summed E-state index contributed by atoms with van der Waals surface area (Å²) in [5, 5.41) is 0. The van der Waals surface area contributed by atoms with Crippen molar-refractivity contribution in [2.75, 3.05) is 32.7 Å². The van der Waals surface area contributed by atoms with Gasteiger partial charge in [-0.25, -0.2) is 0 Å². The van der Waals surface area contributed by atoms with Gasteiger partial charge < -0.3 is 4.90 Å². The predicted molar refractivity (Wildman–Crippen MR) is 62.7 cm³/mol. The molecule has 1 fully saturated rings. The second-order valence-electron chi connectivity index (χ2n) is 5.17. The van der Waals surface area contributed by atoms with Gasteiger partial charge in [0.1, 0.15) is 0 Å². The van der Waals surface area contributed by atoms with Crippen LogP contribution in [-0.4, -0.2) is 48.4 Å².